The Balaban J connectivity index is 1.89. The van der Waals surface area contributed by atoms with Crippen LogP contribution in [0.15, 0.2) is 24.4 Å². The lowest BCUT2D eigenvalue weighted by Crippen LogP contribution is -2.03. The van der Waals surface area contributed by atoms with Gasteiger partial charge in [-0.25, -0.2) is 4.39 Å². The van der Waals surface area contributed by atoms with Gasteiger partial charge < -0.3 is 5.32 Å². The summed E-state index contributed by atoms with van der Waals surface area (Å²) < 4.78 is 14.7. The van der Waals surface area contributed by atoms with E-state index in [1.165, 1.54) is 6.07 Å². The lowest BCUT2D eigenvalue weighted by atomic mass is 10.2. The van der Waals surface area contributed by atoms with Gasteiger partial charge in [0.05, 0.1) is 16.6 Å². The van der Waals surface area contributed by atoms with Crippen LogP contribution in [0.5, 0.6) is 0 Å². The van der Waals surface area contributed by atoms with Crippen molar-refractivity contribution in [1.29, 1.82) is 0 Å². The first-order valence-electron chi connectivity index (χ1n) is 6.07. The SMILES string of the molecule is Cn1ncc2c(NCc3ccc(F)c(Cl)c3)nc(Cl)nc21. The number of benzene rings is 1. The van der Waals surface area contributed by atoms with Crippen molar-refractivity contribution in [2.24, 2.45) is 7.05 Å². The third kappa shape index (κ3) is 2.77. The fourth-order valence-electron chi connectivity index (χ4n) is 1.97. The summed E-state index contributed by atoms with van der Waals surface area (Å²) in [6.45, 7) is 0.428. The molecule has 0 spiro atoms. The minimum Gasteiger partial charge on any atom is -0.365 e. The summed E-state index contributed by atoms with van der Waals surface area (Å²) in [5.41, 5.74) is 1.46. The summed E-state index contributed by atoms with van der Waals surface area (Å²) in [7, 11) is 1.77. The van der Waals surface area contributed by atoms with Crippen molar-refractivity contribution in [3.05, 3.63) is 46.1 Å². The first-order chi connectivity index (χ1) is 10.0. The van der Waals surface area contributed by atoms with Gasteiger partial charge in [-0.15, -0.1) is 0 Å². The fraction of sp³-hybridized carbons (Fsp3) is 0.154. The summed E-state index contributed by atoms with van der Waals surface area (Å²) in [5.74, 6) is 0.124. The second-order valence-corrected chi connectivity index (χ2v) is 5.19. The quantitative estimate of drug-likeness (QED) is 0.749. The van der Waals surface area contributed by atoms with Gasteiger partial charge in [0.15, 0.2) is 5.65 Å². The molecule has 108 valence electrons. The first-order valence-corrected chi connectivity index (χ1v) is 6.83. The Morgan fingerprint density at radius 3 is 2.86 bits per heavy atom. The molecule has 0 amide bonds. The number of hydrogen-bond acceptors (Lipinski definition) is 4. The maximum absolute atomic E-state index is 13.1. The molecule has 0 unspecified atom stereocenters. The Morgan fingerprint density at radius 1 is 1.29 bits per heavy atom. The zero-order valence-corrected chi connectivity index (χ0v) is 12.5. The summed E-state index contributed by atoms with van der Waals surface area (Å²) in [4.78, 5) is 8.27. The van der Waals surface area contributed by atoms with Gasteiger partial charge in [0.25, 0.3) is 0 Å². The van der Waals surface area contributed by atoms with Crippen molar-refractivity contribution < 1.29 is 4.39 Å². The summed E-state index contributed by atoms with van der Waals surface area (Å²) in [6, 6.07) is 4.54. The average Bonchev–Trinajstić information content (AvgIpc) is 2.81. The molecule has 3 aromatic rings. The zero-order valence-electron chi connectivity index (χ0n) is 10.9. The first kappa shape index (κ1) is 14.0. The Morgan fingerprint density at radius 2 is 2.10 bits per heavy atom. The molecule has 2 heterocycles. The predicted octanol–water partition coefficient (Wildman–Crippen LogP) is 3.42. The van der Waals surface area contributed by atoms with E-state index >= 15 is 0 Å². The van der Waals surface area contributed by atoms with E-state index in [-0.39, 0.29) is 10.3 Å². The van der Waals surface area contributed by atoms with Crippen LogP contribution in [0.25, 0.3) is 11.0 Å². The fourth-order valence-corrected chi connectivity index (χ4v) is 2.33. The molecule has 0 aliphatic carbocycles. The van der Waals surface area contributed by atoms with Crippen LogP contribution in [0, 0.1) is 5.82 Å². The Kier molecular flexibility index (Phi) is 3.65. The highest BCUT2D eigenvalue weighted by Crippen LogP contribution is 2.22. The second-order valence-electron chi connectivity index (χ2n) is 4.45. The number of halogens is 3. The van der Waals surface area contributed by atoms with Gasteiger partial charge in [-0.2, -0.15) is 15.1 Å². The van der Waals surface area contributed by atoms with Crippen LogP contribution >= 0.6 is 23.2 Å². The molecule has 1 N–H and O–H groups in total. The van der Waals surface area contributed by atoms with Gasteiger partial charge in [0, 0.05) is 13.6 Å². The van der Waals surface area contributed by atoms with E-state index in [0.29, 0.717) is 18.0 Å². The monoisotopic (exact) mass is 325 g/mol. The number of nitrogens with zero attached hydrogens (tertiary/aromatic N) is 4. The van der Waals surface area contributed by atoms with Gasteiger partial charge in [-0.3, -0.25) is 4.68 Å². The van der Waals surface area contributed by atoms with Gasteiger partial charge in [-0.1, -0.05) is 17.7 Å². The largest absolute Gasteiger partial charge is 0.365 e. The third-order valence-electron chi connectivity index (χ3n) is 3.01. The second kappa shape index (κ2) is 5.46. The minimum atomic E-state index is -0.444. The van der Waals surface area contributed by atoms with E-state index in [1.807, 2.05) is 0 Å². The van der Waals surface area contributed by atoms with Crippen molar-refractivity contribution in [3.63, 3.8) is 0 Å². The molecule has 5 nitrogen and oxygen atoms in total. The Bertz CT molecular complexity index is 818. The molecule has 0 saturated heterocycles. The summed E-state index contributed by atoms with van der Waals surface area (Å²) in [6.07, 6.45) is 1.66. The highest BCUT2D eigenvalue weighted by molar-refractivity contribution is 6.30. The van der Waals surface area contributed by atoms with Gasteiger partial charge in [-0.05, 0) is 29.3 Å². The number of aryl methyl sites for hydroxylation is 1. The van der Waals surface area contributed by atoms with Gasteiger partial charge in [0.2, 0.25) is 5.28 Å². The van der Waals surface area contributed by atoms with Crippen molar-refractivity contribution in [2.45, 2.75) is 6.54 Å². The molecule has 0 bridgehead atoms. The molecule has 0 atom stereocenters. The van der Waals surface area contributed by atoms with Crippen LogP contribution in [0.4, 0.5) is 10.2 Å². The number of rotatable bonds is 3. The highest BCUT2D eigenvalue weighted by atomic mass is 35.5. The van der Waals surface area contributed by atoms with Crippen LogP contribution in [-0.4, -0.2) is 19.7 Å². The minimum absolute atomic E-state index is 0.0848. The topological polar surface area (TPSA) is 55.6 Å². The number of nitrogens with one attached hydrogen (secondary N) is 1. The molecule has 8 heteroatoms. The molecule has 3 rings (SSSR count). The molecular weight excluding hydrogens is 316 g/mol. The standard InChI is InChI=1S/C13H10Cl2FN5/c1-21-12-8(6-18-21)11(19-13(15)20-12)17-5-7-2-3-10(16)9(14)4-7/h2-4,6H,5H2,1H3,(H,17,19,20). The van der Waals surface area contributed by atoms with E-state index in [0.717, 1.165) is 10.9 Å². The van der Waals surface area contributed by atoms with Crippen molar-refractivity contribution in [1.82, 2.24) is 19.7 Å². The summed E-state index contributed by atoms with van der Waals surface area (Å²) >= 11 is 11.7. The molecular formula is C13H10Cl2FN5. The maximum atomic E-state index is 13.1. The Labute approximate surface area is 129 Å². The van der Waals surface area contributed by atoms with Crippen LogP contribution in [-0.2, 0) is 13.6 Å². The third-order valence-corrected chi connectivity index (χ3v) is 3.47. The molecule has 0 radical (unpaired) electrons. The number of anilines is 1. The van der Waals surface area contributed by atoms with Crippen molar-refractivity contribution in [3.8, 4) is 0 Å². The van der Waals surface area contributed by atoms with Crippen molar-refractivity contribution >= 4 is 40.1 Å². The van der Waals surface area contributed by atoms with E-state index in [2.05, 4.69) is 20.4 Å². The molecule has 0 fully saturated rings. The van der Waals surface area contributed by atoms with Gasteiger partial charge in [0.1, 0.15) is 11.6 Å². The lowest BCUT2D eigenvalue weighted by molar-refractivity contribution is 0.627. The number of aromatic nitrogens is 4. The molecule has 2 aromatic heterocycles. The van der Waals surface area contributed by atoms with Crippen LogP contribution in [0.2, 0.25) is 10.3 Å². The molecule has 21 heavy (non-hydrogen) atoms. The lowest BCUT2D eigenvalue weighted by Gasteiger charge is -2.08. The van der Waals surface area contributed by atoms with Gasteiger partial charge >= 0.3 is 0 Å². The highest BCUT2D eigenvalue weighted by Gasteiger charge is 2.10. The molecule has 0 aliphatic rings. The molecule has 1 aromatic carbocycles. The van der Waals surface area contributed by atoms with E-state index in [9.17, 15) is 4.39 Å². The van der Waals surface area contributed by atoms with Crippen LogP contribution in [0.3, 0.4) is 0 Å². The van der Waals surface area contributed by atoms with E-state index < -0.39 is 5.82 Å². The zero-order chi connectivity index (χ0) is 15.0. The van der Waals surface area contributed by atoms with E-state index in [4.69, 9.17) is 23.2 Å². The maximum Gasteiger partial charge on any atom is 0.226 e. The Hall–Kier alpha value is -1.92. The molecule has 0 aliphatic heterocycles. The van der Waals surface area contributed by atoms with E-state index in [1.54, 1.807) is 30.1 Å². The predicted molar refractivity (Wildman–Crippen MR) is 80.1 cm³/mol. The smallest absolute Gasteiger partial charge is 0.226 e. The van der Waals surface area contributed by atoms with Crippen LogP contribution < -0.4 is 5.32 Å². The number of hydrogen-bond donors (Lipinski definition) is 1. The number of fused-ring (bicyclic) bond motifs is 1. The average molecular weight is 326 g/mol. The summed E-state index contributed by atoms with van der Waals surface area (Å²) in [5, 5.41) is 8.23. The normalized spacial score (nSPS) is 11.0. The van der Waals surface area contributed by atoms with Crippen LogP contribution in [0.1, 0.15) is 5.56 Å². The van der Waals surface area contributed by atoms with Crippen molar-refractivity contribution in [2.75, 3.05) is 5.32 Å². The molecule has 0 saturated carbocycles.